The fraction of sp³-hybridized carbons (Fsp3) is 0.212. The predicted molar refractivity (Wildman–Crippen MR) is 241 cm³/mol. The minimum absolute atomic E-state index is 0.0498. The Balaban J connectivity index is 1.06. The Bertz CT molecular complexity index is 3060. The maximum Gasteiger partial charge on any atom is 0.160 e. The molecule has 1 aliphatic heterocycles. The summed E-state index contributed by atoms with van der Waals surface area (Å²) in [7, 11) is 0. The summed E-state index contributed by atoms with van der Waals surface area (Å²) in [6.45, 7) is 18.7. The van der Waals surface area contributed by atoms with Gasteiger partial charge < -0.3 is 19.0 Å². The van der Waals surface area contributed by atoms with Gasteiger partial charge in [0.05, 0.1) is 22.4 Å². The molecule has 0 radical (unpaired) electrons. The molecule has 0 saturated carbocycles. The van der Waals surface area contributed by atoms with Crippen LogP contribution in [0.15, 0.2) is 138 Å². The van der Waals surface area contributed by atoms with Gasteiger partial charge in [-0.1, -0.05) is 96.1 Å². The van der Waals surface area contributed by atoms with E-state index in [1.54, 1.807) is 0 Å². The second-order valence-electron chi connectivity index (χ2n) is 17.9. The summed E-state index contributed by atoms with van der Waals surface area (Å²) >= 11 is 0. The third kappa shape index (κ3) is 5.81. The van der Waals surface area contributed by atoms with E-state index in [1.165, 1.54) is 39.3 Å². The van der Waals surface area contributed by atoms with Crippen molar-refractivity contribution in [3.63, 3.8) is 0 Å². The molecule has 58 heavy (non-hydrogen) atoms. The van der Waals surface area contributed by atoms with Crippen LogP contribution in [0.1, 0.15) is 63.8 Å². The maximum absolute atomic E-state index is 6.77. The van der Waals surface area contributed by atoms with Crippen LogP contribution in [0.2, 0.25) is 0 Å². The molecule has 9 aromatic rings. The molecule has 0 fully saturated rings. The van der Waals surface area contributed by atoms with E-state index in [2.05, 4.69) is 179 Å². The maximum atomic E-state index is 6.77. The van der Waals surface area contributed by atoms with Gasteiger partial charge in [-0.2, -0.15) is 0 Å². The first-order chi connectivity index (χ1) is 27.8. The number of hydrogen-bond donors (Lipinski definition) is 0. The third-order valence-corrected chi connectivity index (χ3v) is 11.8. The number of rotatable bonds is 5. The summed E-state index contributed by atoms with van der Waals surface area (Å²) in [4.78, 5) is 9.80. The van der Waals surface area contributed by atoms with Gasteiger partial charge in [0.2, 0.25) is 0 Å². The van der Waals surface area contributed by atoms with Crippen molar-refractivity contribution in [1.82, 2.24) is 9.55 Å². The molecule has 0 bridgehead atoms. The molecule has 10 rings (SSSR count). The van der Waals surface area contributed by atoms with Crippen LogP contribution in [0.5, 0.6) is 11.5 Å². The smallest absolute Gasteiger partial charge is 0.160 e. The molecule has 4 heterocycles. The van der Waals surface area contributed by atoms with E-state index in [4.69, 9.17) is 14.1 Å². The second-order valence-corrected chi connectivity index (χ2v) is 17.9. The van der Waals surface area contributed by atoms with E-state index in [0.29, 0.717) is 6.67 Å². The number of aromatic nitrogens is 2. The summed E-state index contributed by atoms with van der Waals surface area (Å²) in [5.74, 6) is 2.36. The normalized spacial score (nSPS) is 13.4. The average Bonchev–Trinajstić information content (AvgIpc) is 3.87. The molecular weight excluding hydrogens is 713 g/mol. The Morgan fingerprint density at radius 1 is 0.586 bits per heavy atom. The van der Waals surface area contributed by atoms with Crippen molar-refractivity contribution >= 4 is 66.5 Å². The van der Waals surface area contributed by atoms with Crippen LogP contribution in [0, 0.1) is 13.8 Å². The number of benzene rings is 6. The van der Waals surface area contributed by atoms with E-state index in [-0.39, 0.29) is 10.8 Å². The van der Waals surface area contributed by atoms with E-state index in [1.807, 2.05) is 24.4 Å². The van der Waals surface area contributed by atoms with Crippen LogP contribution in [0.25, 0.3) is 49.6 Å². The molecule has 3 aromatic heterocycles. The zero-order valence-electron chi connectivity index (χ0n) is 34.5. The molecular formula is C52H48N4O2. The Morgan fingerprint density at radius 3 is 2.02 bits per heavy atom. The summed E-state index contributed by atoms with van der Waals surface area (Å²) in [5.41, 5.74) is 13.6. The minimum atomic E-state index is -0.0498. The highest BCUT2D eigenvalue weighted by Crippen LogP contribution is 2.47. The molecule has 0 saturated heterocycles. The Morgan fingerprint density at radius 2 is 1.26 bits per heavy atom. The second kappa shape index (κ2) is 13.0. The minimum Gasteiger partial charge on any atom is -0.457 e. The number of anilines is 4. The number of ether oxygens (including phenoxy) is 1. The molecule has 0 spiro atoms. The lowest BCUT2D eigenvalue weighted by Crippen LogP contribution is -2.25. The summed E-state index contributed by atoms with van der Waals surface area (Å²) in [6.07, 6.45) is 1.92. The quantitative estimate of drug-likeness (QED) is 0.175. The third-order valence-electron chi connectivity index (χ3n) is 11.8. The first-order valence-electron chi connectivity index (χ1n) is 20.2. The average molecular weight is 761 g/mol. The first kappa shape index (κ1) is 35.9. The van der Waals surface area contributed by atoms with Gasteiger partial charge in [-0.25, -0.2) is 4.98 Å². The highest BCUT2D eigenvalue weighted by Gasteiger charge is 2.31. The van der Waals surface area contributed by atoms with Gasteiger partial charge in [0.1, 0.15) is 29.6 Å². The summed E-state index contributed by atoms with van der Waals surface area (Å²) < 4.78 is 15.7. The molecule has 6 heteroatoms. The zero-order chi connectivity index (χ0) is 40.1. The molecule has 0 N–H and O–H groups in total. The van der Waals surface area contributed by atoms with E-state index >= 15 is 0 Å². The van der Waals surface area contributed by atoms with Crippen molar-refractivity contribution in [2.45, 2.75) is 66.2 Å². The van der Waals surface area contributed by atoms with Gasteiger partial charge in [-0.05, 0) is 108 Å². The molecule has 0 unspecified atom stereocenters. The number of aryl methyl sites for hydroxylation is 2. The van der Waals surface area contributed by atoms with Crippen molar-refractivity contribution in [1.29, 1.82) is 0 Å². The highest BCUT2D eigenvalue weighted by molar-refractivity contribution is 6.21. The number of fused-ring (bicyclic) bond motifs is 8. The van der Waals surface area contributed by atoms with E-state index in [0.717, 1.165) is 66.7 Å². The fourth-order valence-corrected chi connectivity index (χ4v) is 8.86. The summed E-state index contributed by atoms with van der Waals surface area (Å²) in [6, 6.07) is 45.2. The van der Waals surface area contributed by atoms with Gasteiger partial charge in [0.25, 0.3) is 0 Å². The fourth-order valence-electron chi connectivity index (χ4n) is 8.86. The monoisotopic (exact) mass is 760 g/mol. The highest BCUT2D eigenvalue weighted by atomic mass is 16.5. The van der Waals surface area contributed by atoms with Crippen LogP contribution in [0.4, 0.5) is 22.7 Å². The topological polar surface area (TPSA) is 46.7 Å². The predicted octanol–water partition coefficient (Wildman–Crippen LogP) is 14.3. The number of para-hydroxylation sites is 3. The molecule has 6 nitrogen and oxygen atoms in total. The van der Waals surface area contributed by atoms with Gasteiger partial charge in [0.15, 0.2) is 5.58 Å². The van der Waals surface area contributed by atoms with E-state index < -0.39 is 0 Å². The molecule has 0 aliphatic carbocycles. The molecule has 1 aliphatic rings. The van der Waals surface area contributed by atoms with Crippen molar-refractivity contribution in [2.24, 2.45) is 0 Å². The Labute approximate surface area is 339 Å². The van der Waals surface area contributed by atoms with Crippen molar-refractivity contribution < 1.29 is 9.15 Å². The van der Waals surface area contributed by atoms with Crippen LogP contribution in [-0.4, -0.2) is 16.2 Å². The lowest BCUT2D eigenvalue weighted by Gasteiger charge is -2.28. The zero-order valence-corrected chi connectivity index (χ0v) is 34.5. The van der Waals surface area contributed by atoms with Gasteiger partial charge in [-0.15, -0.1) is 0 Å². The Kier molecular flexibility index (Phi) is 8.04. The number of hydrogen-bond acceptors (Lipinski definition) is 5. The van der Waals surface area contributed by atoms with Gasteiger partial charge in [-0.3, -0.25) is 4.57 Å². The van der Waals surface area contributed by atoms with Crippen LogP contribution < -0.4 is 14.5 Å². The molecule has 6 aromatic carbocycles. The van der Waals surface area contributed by atoms with E-state index in [9.17, 15) is 0 Å². The van der Waals surface area contributed by atoms with Crippen molar-refractivity contribution in [3.05, 3.63) is 156 Å². The number of nitrogens with zero attached hydrogens (tertiary/aromatic N) is 4. The molecule has 0 amide bonds. The van der Waals surface area contributed by atoms with Gasteiger partial charge in [0, 0.05) is 51.2 Å². The van der Waals surface area contributed by atoms with Crippen LogP contribution in [-0.2, 0) is 10.8 Å². The largest absolute Gasteiger partial charge is 0.457 e. The number of furan rings is 1. The van der Waals surface area contributed by atoms with Crippen LogP contribution in [0.3, 0.4) is 0 Å². The van der Waals surface area contributed by atoms with Crippen LogP contribution >= 0.6 is 0 Å². The van der Waals surface area contributed by atoms with Crippen molar-refractivity contribution in [2.75, 3.05) is 16.5 Å². The summed E-state index contributed by atoms with van der Waals surface area (Å²) in [5, 5.41) is 4.40. The number of pyridine rings is 1. The van der Waals surface area contributed by atoms with Crippen molar-refractivity contribution in [3.8, 4) is 17.3 Å². The Hall–Kier alpha value is -6.53. The van der Waals surface area contributed by atoms with Gasteiger partial charge >= 0.3 is 0 Å². The molecule has 0 atom stereocenters. The lowest BCUT2D eigenvalue weighted by atomic mass is 9.84. The lowest BCUT2D eigenvalue weighted by molar-refractivity contribution is 0.483. The first-order valence-corrected chi connectivity index (χ1v) is 20.2. The standard InChI is InChI=1S/C52H48N4O2/c1-32-26-35(52(6,7)8)27-33(2)48(32)55-31-54(43-17-10-11-18-44(43)55)36-14-13-15-37(29-36)57-38-20-21-39-41-22-23-42-40-16-9-12-19-46(40)58-50(42)49(41)56(45(39)30-38)47-28-34(24-25-53-47)51(3,4)5/h9-30H,31H2,1-8H3. The molecule has 288 valence electrons. The SMILES string of the molecule is Cc1cc(C(C)(C)C)cc(C)c1N1CN(c2cccc(Oc3ccc4c5ccc6c7ccccc7oc6c5n(-c5cc(C(C)(C)C)ccn5)c4c3)c2)c2ccccc21.